The van der Waals surface area contributed by atoms with Crippen LogP contribution in [0.2, 0.25) is 0 Å². The molecule has 3 aliphatic rings. The lowest BCUT2D eigenvalue weighted by molar-refractivity contribution is -0.156. The molecule has 18 heavy (non-hydrogen) atoms. The highest BCUT2D eigenvalue weighted by atomic mass is 16.5. The van der Waals surface area contributed by atoms with Gasteiger partial charge in [0.05, 0.1) is 29.3 Å². The van der Waals surface area contributed by atoms with E-state index in [-0.39, 0.29) is 23.9 Å². The molecule has 3 heterocycles. The van der Waals surface area contributed by atoms with Crippen LogP contribution in [0, 0.1) is 5.41 Å². The van der Waals surface area contributed by atoms with Crippen LogP contribution in [0.4, 0.5) is 0 Å². The highest BCUT2D eigenvalue weighted by Gasteiger charge is 2.58. The number of hydrogen-bond donors (Lipinski definition) is 1. The van der Waals surface area contributed by atoms with Gasteiger partial charge in [-0.25, -0.2) is 0 Å². The van der Waals surface area contributed by atoms with Crippen molar-refractivity contribution in [3.63, 3.8) is 0 Å². The SMILES string of the molecule is CC1(C)CCC(CC2(C(=O)O)CC3CCC2O3)O1. The summed E-state index contributed by atoms with van der Waals surface area (Å²) in [5.74, 6) is -0.692. The van der Waals surface area contributed by atoms with Gasteiger partial charge in [-0.2, -0.15) is 0 Å². The van der Waals surface area contributed by atoms with Gasteiger partial charge in [-0.15, -0.1) is 0 Å². The number of carboxylic acids is 1. The Morgan fingerprint density at radius 2 is 2.11 bits per heavy atom. The molecule has 0 spiro atoms. The Morgan fingerprint density at radius 3 is 2.56 bits per heavy atom. The highest BCUT2D eigenvalue weighted by molar-refractivity contribution is 5.76. The van der Waals surface area contributed by atoms with E-state index in [0.717, 1.165) is 25.7 Å². The van der Waals surface area contributed by atoms with Gasteiger partial charge in [0, 0.05) is 0 Å². The maximum Gasteiger partial charge on any atom is 0.312 e. The zero-order valence-corrected chi connectivity index (χ0v) is 11.1. The third-order valence-corrected chi connectivity index (χ3v) is 4.89. The number of carboxylic acid groups (broad SMARTS) is 1. The molecule has 4 nitrogen and oxygen atoms in total. The summed E-state index contributed by atoms with van der Waals surface area (Å²) in [6.45, 7) is 4.16. The van der Waals surface area contributed by atoms with Crippen molar-refractivity contribution in [2.75, 3.05) is 0 Å². The molecular weight excluding hydrogens is 232 g/mol. The maximum absolute atomic E-state index is 11.7. The van der Waals surface area contributed by atoms with Gasteiger partial charge < -0.3 is 14.6 Å². The normalized spacial score (nSPS) is 45.6. The molecule has 102 valence electrons. The lowest BCUT2D eigenvalue weighted by Gasteiger charge is -2.33. The van der Waals surface area contributed by atoms with Crippen molar-refractivity contribution < 1.29 is 19.4 Å². The van der Waals surface area contributed by atoms with Crippen LogP contribution in [0.3, 0.4) is 0 Å². The Hall–Kier alpha value is -0.610. The van der Waals surface area contributed by atoms with E-state index in [9.17, 15) is 9.90 Å². The second kappa shape index (κ2) is 3.94. The van der Waals surface area contributed by atoms with Crippen molar-refractivity contribution in [2.45, 2.75) is 76.3 Å². The minimum Gasteiger partial charge on any atom is -0.481 e. The molecule has 4 heteroatoms. The lowest BCUT2D eigenvalue weighted by atomic mass is 9.70. The first-order chi connectivity index (χ1) is 8.41. The Bertz CT molecular complexity index is 365. The summed E-state index contributed by atoms with van der Waals surface area (Å²) < 4.78 is 11.8. The van der Waals surface area contributed by atoms with Crippen molar-refractivity contribution in [3.8, 4) is 0 Å². The van der Waals surface area contributed by atoms with Gasteiger partial charge in [-0.05, 0) is 52.4 Å². The van der Waals surface area contributed by atoms with Gasteiger partial charge in [-0.3, -0.25) is 4.79 Å². The largest absolute Gasteiger partial charge is 0.481 e. The average molecular weight is 254 g/mol. The maximum atomic E-state index is 11.7. The van der Waals surface area contributed by atoms with Crippen LogP contribution >= 0.6 is 0 Å². The van der Waals surface area contributed by atoms with Crippen LogP contribution < -0.4 is 0 Å². The summed E-state index contributed by atoms with van der Waals surface area (Å²) >= 11 is 0. The van der Waals surface area contributed by atoms with Crippen LogP contribution in [-0.2, 0) is 14.3 Å². The summed E-state index contributed by atoms with van der Waals surface area (Å²) in [5, 5.41) is 9.64. The smallest absolute Gasteiger partial charge is 0.312 e. The van der Waals surface area contributed by atoms with E-state index < -0.39 is 11.4 Å². The minimum atomic E-state index is -0.692. The molecule has 4 atom stereocenters. The predicted molar refractivity (Wildman–Crippen MR) is 65.4 cm³/mol. The summed E-state index contributed by atoms with van der Waals surface area (Å²) in [6.07, 6.45) is 5.36. The van der Waals surface area contributed by atoms with Crippen molar-refractivity contribution in [3.05, 3.63) is 0 Å². The number of fused-ring (bicyclic) bond motifs is 2. The van der Waals surface area contributed by atoms with Crippen molar-refractivity contribution >= 4 is 5.97 Å². The predicted octanol–water partition coefficient (Wildman–Crippen LogP) is 2.36. The van der Waals surface area contributed by atoms with Crippen LogP contribution in [0.15, 0.2) is 0 Å². The first kappa shape index (κ1) is 12.4. The first-order valence-corrected chi connectivity index (χ1v) is 6.98. The van der Waals surface area contributed by atoms with Gasteiger partial charge in [0.1, 0.15) is 0 Å². The molecule has 3 fully saturated rings. The summed E-state index contributed by atoms with van der Waals surface area (Å²) in [4.78, 5) is 11.7. The van der Waals surface area contributed by atoms with E-state index in [4.69, 9.17) is 9.47 Å². The fourth-order valence-corrected chi connectivity index (χ4v) is 3.95. The molecule has 0 aromatic rings. The van der Waals surface area contributed by atoms with E-state index in [0.29, 0.717) is 12.8 Å². The van der Waals surface area contributed by atoms with E-state index in [1.165, 1.54) is 0 Å². The van der Waals surface area contributed by atoms with Gasteiger partial charge in [0.15, 0.2) is 0 Å². The average Bonchev–Trinajstić information content (AvgIpc) is 2.93. The zero-order valence-electron chi connectivity index (χ0n) is 11.1. The summed E-state index contributed by atoms with van der Waals surface area (Å²) in [5.41, 5.74) is -0.781. The Labute approximate surface area is 108 Å². The number of ether oxygens (including phenoxy) is 2. The molecule has 0 radical (unpaired) electrons. The first-order valence-electron chi connectivity index (χ1n) is 6.98. The number of aliphatic carboxylic acids is 1. The molecule has 0 aromatic carbocycles. The lowest BCUT2D eigenvalue weighted by Crippen LogP contribution is -2.43. The molecule has 0 saturated carbocycles. The second-order valence-electron chi connectivity index (χ2n) is 6.73. The molecule has 2 bridgehead atoms. The van der Waals surface area contributed by atoms with Crippen molar-refractivity contribution in [1.82, 2.24) is 0 Å². The highest BCUT2D eigenvalue weighted by Crippen LogP contribution is 2.52. The molecule has 4 unspecified atom stereocenters. The van der Waals surface area contributed by atoms with Crippen LogP contribution in [-0.4, -0.2) is 35.0 Å². The monoisotopic (exact) mass is 254 g/mol. The van der Waals surface area contributed by atoms with Crippen molar-refractivity contribution in [1.29, 1.82) is 0 Å². The van der Waals surface area contributed by atoms with Crippen LogP contribution in [0.5, 0.6) is 0 Å². The molecule has 0 amide bonds. The van der Waals surface area contributed by atoms with E-state index >= 15 is 0 Å². The molecule has 3 aliphatic heterocycles. The third kappa shape index (κ3) is 1.86. The zero-order chi connectivity index (χ0) is 13.0. The number of rotatable bonds is 3. The summed E-state index contributed by atoms with van der Waals surface area (Å²) in [7, 11) is 0. The fourth-order valence-electron chi connectivity index (χ4n) is 3.95. The van der Waals surface area contributed by atoms with E-state index in [1.807, 2.05) is 0 Å². The van der Waals surface area contributed by atoms with Gasteiger partial charge in [0.2, 0.25) is 0 Å². The number of carbonyl (C=O) groups is 1. The standard InChI is InChI=1S/C14H22O4/c1-13(2)6-5-10(18-13)8-14(12(15)16)7-9-3-4-11(14)17-9/h9-11H,3-8H2,1-2H3,(H,15,16). The van der Waals surface area contributed by atoms with E-state index in [1.54, 1.807) is 0 Å². The third-order valence-electron chi connectivity index (χ3n) is 4.89. The quantitative estimate of drug-likeness (QED) is 0.840. The van der Waals surface area contributed by atoms with Crippen molar-refractivity contribution in [2.24, 2.45) is 5.41 Å². The summed E-state index contributed by atoms with van der Waals surface area (Å²) in [6, 6.07) is 0. The Kier molecular flexibility index (Phi) is 2.72. The molecule has 1 N–H and O–H groups in total. The van der Waals surface area contributed by atoms with E-state index in [2.05, 4.69) is 13.8 Å². The van der Waals surface area contributed by atoms with Crippen LogP contribution in [0.25, 0.3) is 0 Å². The van der Waals surface area contributed by atoms with Crippen LogP contribution in [0.1, 0.15) is 52.4 Å². The van der Waals surface area contributed by atoms with Gasteiger partial charge >= 0.3 is 5.97 Å². The Morgan fingerprint density at radius 1 is 1.33 bits per heavy atom. The van der Waals surface area contributed by atoms with Gasteiger partial charge in [0.25, 0.3) is 0 Å². The molecule has 0 aromatic heterocycles. The minimum absolute atomic E-state index is 0.0825. The molecule has 3 saturated heterocycles. The number of hydrogen-bond acceptors (Lipinski definition) is 3. The molecule has 0 aliphatic carbocycles. The molecule has 3 rings (SSSR count). The fraction of sp³-hybridized carbons (Fsp3) is 0.929. The van der Waals surface area contributed by atoms with Gasteiger partial charge in [-0.1, -0.05) is 0 Å². The molecular formula is C14H22O4. The second-order valence-corrected chi connectivity index (χ2v) is 6.73. The Balaban J connectivity index is 1.75. The topological polar surface area (TPSA) is 55.8 Å².